The van der Waals surface area contributed by atoms with Gasteiger partial charge < -0.3 is 63.7 Å². The molecule has 6 heterocycles. The van der Waals surface area contributed by atoms with E-state index in [4.69, 9.17) is 139 Å². The lowest BCUT2D eigenvalue weighted by Crippen LogP contribution is -2.44. The van der Waals surface area contributed by atoms with Crippen LogP contribution in [-0.2, 0) is 73.7 Å². The zero-order valence-corrected chi connectivity index (χ0v) is 70.7. The molecule has 0 bridgehead atoms. The molecule has 0 radical (unpaired) electrons. The van der Waals surface area contributed by atoms with Crippen molar-refractivity contribution in [3.05, 3.63) is 177 Å². The number of hydrogen-bond donors (Lipinski definition) is 6. The Kier molecular flexibility index (Phi) is 38.4. The summed E-state index contributed by atoms with van der Waals surface area (Å²) in [6.45, 7) is 10.4. The summed E-state index contributed by atoms with van der Waals surface area (Å²) in [5, 5.41) is 32.4. The molecular weight excluding hydrogens is 1710 g/mol. The third-order valence-corrected chi connectivity index (χ3v) is 22.4. The van der Waals surface area contributed by atoms with E-state index >= 15 is 0 Å². The van der Waals surface area contributed by atoms with Gasteiger partial charge in [0, 0.05) is 108 Å². The molecule has 3 aliphatic heterocycles. The minimum absolute atomic E-state index is 0. The van der Waals surface area contributed by atoms with E-state index in [1.54, 1.807) is 60.9 Å². The number of halogens is 8. The highest BCUT2D eigenvalue weighted by Crippen LogP contribution is 2.52. The number of nitrogens with zero attached hydrogens (tertiary/aromatic N) is 3. The van der Waals surface area contributed by atoms with E-state index in [0.717, 1.165) is 133 Å². The number of aromatic amines is 3. The van der Waals surface area contributed by atoms with Gasteiger partial charge in [0.15, 0.2) is 0 Å². The number of allylic oxidation sites excluding steroid dienone is 1. The number of carbonyl (C=O) groups is 3. The first kappa shape index (κ1) is 93.4. The number of nitrogens with two attached hydrogens (primary N) is 1. The molecule has 594 valence electrons. The molecule has 9 atom stereocenters. The maximum Gasteiger partial charge on any atom is 0.407 e. The van der Waals surface area contributed by atoms with Crippen LogP contribution in [0.2, 0.25) is 30.1 Å². The summed E-state index contributed by atoms with van der Waals surface area (Å²) >= 11 is 44.7. The van der Waals surface area contributed by atoms with Crippen LogP contribution in [0.1, 0.15) is 155 Å². The molecule has 3 saturated heterocycles. The number of hydrogen-bond acceptors (Lipinski definition) is 17. The number of amides is 2. The van der Waals surface area contributed by atoms with Crippen molar-refractivity contribution in [1.82, 2.24) is 41.2 Å². The van der Waals surface area contributed by atoms with Crippen LogP contribution in [0.15, 0.2) is 73.8 Å². The highest BCUT2D eigenvalue weighted by Gasteiger charge is 2.40. The molecule has 3 aliphatic carbocycles. The molecule has 6 aliphatic rings. The summed E-state index contributed by atoms with van der Waals surface area (Å²) in [6.07, 6.45) is 11.5. The van der Waals surface area contributed by atoms with Crippen LogP contribution in [-0.4, -0.2) is 148 Å². The van der Waals surface area contributed by atoms with E-state index in [1.807, 2.05) is 30.3 Å². The second kappa shape index (κ2) is 44.3. The van der Waals surface area contributed by atoms with Crippen LogP contribution in [0, 0.1) is 0 Å². The monoisotopic (exact) mass is 1800 g/mol. The van der Waals surface area contributed by atoms with Crippen molar-refractivity contribution < 1.29 is 61.8 Å². The minimum atomic E-state index is -0.509. The molecule has 7 N–H and O–H groups in total. The second-order valence-electron chi connectivity index (χ2n) is 25.7. The van der Waals surface area contributed by atoms with E-state index < -0.39 is 11.3 Å². The molecule has 3 fully saturated rings. The molecule has 7 aromatic rings. The molecule has 22 nitrogen and oxygen atoms in total. The van der Waals surface area contributed by atoms with Crippen LogP contribution in [0.4, 0.5) is 4.79 Å². The lowest BCUT2D eigenvalue weighted by molar-refractivity contribution is -0.118. The van der Waals surface area contributed by atoms with Crippen molar-refractivity contribution in [3.63, 3.8) is 0 Å². The van der Waals surface area contributed by atoms with E-state index in [2.05, 4.69) is 49.3 Å². The highest BCUT2D eigenvalue weighted by molar-refractivity contribution is 14.0. The third kappa shape index (κ3) is 21.8. The Morgan fingerprint density at radius 2 is 0.843 bits per heavy atom. The number of ether oxygens (including phenoxy) is 10. The average molecular weight is 1800 g/mol. The lowest BCUT2D eigenvalue weighted by atomic mass is 9.79. The average Bonchev–Trinajstić information content (AvgIpc) is 1.38. The topological polar surface area (TPSA) is 280 Å². The summed E-state index contributed by atoms with van der Waals surface area (Å²) in [6, 6.07) is 14.7. The Morgan fingerprint density at radius 3 is 1.17 bits per heavy atom. The zero-order valence-electron chi connectivity index (χ0n) is 60.1. The molecule has 0 saturated carbocycles. The Morgan fingerprint density at radius 1 is 0.519 bits per heavy atom. The van der Waals surface area contributed by atoms with Gasteiger partial charge in [-0.25, -0.2) is 4.79 Å². The van der Waals surface area contributed by atoms with Crippen molar-refractivity contribution >= 4 is 163 Å². The van der Waals surface area contributed by atoms with Crippen molar-refractivity contribution in [2.24, 2.45) is 5.73 Å². The van der Waals surface area contributed by atoms with Gasteiger partial charge in [-0.2, -0.15) is 55.8 Å². The summed E-state index contributed by atoms with van der Waals surface area (Å²) < 4.78 is 55.3. The first-order valence-corrected chi connectivity index (χ1v) is 36.6. The predicted molar refractivity (Wildman–Crippen MR) is 451 cm³/mol. The molecule has 2 amide bonds. The fourth-order valence-corrected chi connectivity index (χ4v) is 17.0. The standard InChI is InChI=1S/C28H31Cl2N3O5.C23H27Cl2N3O4.C20H25Cl2N3O3.C3H3ClO.CH4.HI.3H2S/c1-35-22-13-23(36-2)26(30)24(25(22)29)17-8-9-18-21(12-17)32-33-27(18)19-15-37-11-10-20(19)31-28(34)38-14-16-6-4-3-5-7-16;1-4-19(29)26-15-7-8-32-11-14(15)23-13-6-5-12(9-16(13)27-28-23)20-21(24)17(30-2)10-18(31-3)22(20)25;1-26-15-8-16(27-2)19(22)17(18(15)21)10-3-4-11-14(7-10)24-25-20(11)12-9-28-6-5-13(12)23;1-2-3(4)5;;;;;/h3-7,13,17,19-20H,8-12,14-15H2,1-2H3,(H,31,34)(H,32,33);4,10,12,14-15H,1,5-9,11H2,2-3H3,(H,26,29)(H,27,28);8,10,12-13H,3-7,9,23H2,1-2H3,(H,24,25);2H,1H2;1H4;1H;3*1H2/t17-,19?,20?;12-,14?,15?;10-,12?,13?;;;;;;/m000....../s1. The fraction of sp³-hybridized carbons (Fsp3) is 0.467. The summed E-state index contributed by atoms with van der Waals surface area (Å²) in [5.74, 6) is 3.50. The summed E-state index contributed by atoms with van der Waals surface area (Å²) in [7, 11) is 9.49. The largest absolute Gasteiger partial charge is 0.495 e. The van der Waals surface area contributed by atoms with E-state index in [9.17, 15) is 14.4 Å². The molecular formula is C75H97Cl7IN9O13S3. The molecule has 4 aromatic carbocycles. The number of carbonyl (C=O) groups excluding carboxylic acids is 3. The van der Waals surface area contributed by atoms with Crippen molar-refractivity contribution in [2.75, 3.05) is 82.3 Å². The van der Waals surface area contributed by atoms with Gasteiger partial charge in [0.1, 0.15) is 41.1 Å². The summed E-state index contributed by atoms with van der Waals surface area (Å²) in [4.78, 5) is 34.0. The van der Waals surface area contributed by atoms with E-state index in [-0.39, 0.29) is 138 Å². The lowest BCUT2D eigenvalue weighted by Gasteiger charge is -2.32. The quantitative estimate of drug-likeness (QED) is 0.0265. The van der Waals surface area contributed by atoms with Gasteiger partial charge >= 0.3 is 6.09 Å². The molecule has 108 heavy (non-hydrogen) atoms. The minimum Gasteiger partial charge on any atom is -0.495 e. The van der Waals surface area contributed by atoms with Gasteiger partial charge in [-0.3, -0.25) is 24.9 Å². The van der Waals surface area contributed by atoms with Gasteiger partial charge in [0.2, 0.25) is 11.1 Å². The van der Waals surface area contributed by atoms with Crippen LogP contribution in [0.25, 0.3) is 0 Å². The first-order chi connectivity index (χ1) is 49.8. The Balaban J connectivity index is 0.000000278. The van der Waals surface area contributed by atoms with Gasteiger partial charge in [0.05, 0.1) is 110 Å². The predicted octanol–water partition coefficient (Wildman–Crippen LogP) is 16.4. The van der Waals surface area contributed by atoms with Crippen LogP contribution < -0.4 is 44.8 Å². The summed E-state index contributed by atoms with van der Waals surface area (Å²) in [5.41, 5.74) is 19.6. The molecule has 13 rings (SSSR count). The van der Waals surface area contributed by atoms with Crippen LogP contribution in [0.5, 0.6) is 34.5 Å². The number of alkyl carbamates (subject to hydrolysis) is 1. The SMILES string of the molecule is C.C=CC(=O)Cl.C=CC(=O)NC1CCOCC1c1n[nH]c2c1CC[C@H](c1c(Cl)c(OC)cc(OC)c1Cl)C2.COc1cc(OC)c(Cl)c([C@H]2CCc3c(C4COCCC4N)n[nH]c3C2)c1Cl.COc1cc(OC)c(Cl)c([C@H]2CCc3c(C4COCCC4NC(=O)OCc4ccccc4)n[nH]c3C2)c1Cl.I.S.S.S. The van der Waals surface area contributed by atoms with Gasteiger partial charge in [-0.1, -0.05) is 121 Å². The maximum absolute atomic E-state index is 12.6. The Labute approximate surface area is 704 Å². The number of nitrogens with one attached hydrogen (secondary N) is 5. The van der Waals surface area contributed by atoms with E-state index in [0.29, 0.717) is 111 Å². The maximum atomic E-state index is 12.6. The molecule has 33 heteroatoms. The zero-order chi connectivity index (χ0) is 73.6. The van der Waals surface area contributed by atoms with E-state index in [1.165, 1.54) is 22.8 Å². The smallest absolute Gasteiger partial charge is 0.407 e. The number of rotatable bonds is 18. The Hall–Kier alpha value is -5.15. The van der Waals surface area contributed by atoms with Crippen molar-refractivity contribution in [3.8, 4) is 34.5 Å². The van der Waals surface area contributed by atoms with Crippen molar-refractivity contribution in [2.45, 2.75) is 145 Å². The number of methoxy groups -OCH3 is 6. The molecule has 0 spiro atoms. The number of H-pyrrole nitrogens is 3. The fourth-order valence-electron chi connectivity index (χ4n) is 14.6. The number of fused-ring (bicyclic) bond motifs is 3. The van der Waals surface area contributed by atoms with Crippen LogP contribution in [0.3, 0.4) is 0 Å². The van der Waals surface area contributed by atoms with Gasteiger partial charge in [-0.15, -0.1) is 24.0 Å². The van der Waals surface area contributed by atoms with Gasteiger partial charge in [0.25, 0.3) is 0 Å². The molecule has 6 unspecified atom stereocenters. The number of benzene rings is 4. The van der Waals surface area contributed by atoms with Crippen LogP contribution >= 0.6 is 146 Å². The normalized spacial score (nSPS) is 20.8. The highest BCUT2D eigenvalue weighted by atomic mass is 127. The third-order valence-electron chi connectivity index (χ3n) is 19.9. The second-order valence-corrected chi connectivity index (χ2v) is 28.3. The van der Waals surface area contributed by atoms with Gasteiger partial charge in [-0.05, 0) is 141 Å². The first-order valence-electron chi connectivity index (χ1n) is 34.0. The number of aromatic nitrogens is 6. The van der Waals surface area contributed by atoms with Crippen molar-refractivity contribution in [1.29, 1.82) is 0 Å². The Bertz CT molecular complexity index is 4080. The molecule has 3 aromatic heterocycles.